The number of nitrogens with two attached hydrogens (primary N) is 1. The van der Waals surface area contributed by atoms with Crippen LogP contribution in [0.1, 0.15) is 44.5 Å². The van der Waals surface area contributed by atoms with Crippen LogP contribution in [0.15, 0.2) is 11.5 Å². The number of rotatable bonds is 2. The third-order valence-electron chi connectivity index (χ3n) is 3.13. The summed E-state index contributed by atoms with van der Waals surface area (Å²) in [5.74, 6) is 0.985. The van der Waals surface area contributed by atoms with Crippen LogP contribution in [0.3, 0.4) is 0 Å². The van der Waals surface area contributed by atoms with Gasteiger partial charge in [0.2, 0.25) is 11.7 Å². The molecule has 2 rings (SSSR count). The Hall–Kier alpha value is -1.59. The second kappa shape index (κ2) is 4.51. The van der Waals surface area contributed by atoms with Crippen LogP contribution < -0.4 is 5.73 Å². The highest BCUT2D eigenvalue weighted by Gasteiger charge is 2.21. The third kappa shape index (κ3) is 2.15. The largest absolute Gasteiger partial charge is 0.409 e. The van der Waals surface area contributed by atoms with Gasteiger partial charge >= 0.3 is 0 Å². The molecule has 0 aromatic carbocycles. The van der Waals surface area contributed by atoms with Crippen LogP contribution in [0.2, 0.25) is 0 Å². The van der Waals surface area contributed by atoms with Crippen molar-refractivity contribution in [2.45, 2.75) is 38.6 Å². The van der Waals surface area contributed by atoms with Gasteiger partial charge in [-0.15, -0.1) is 5.10 Å². The molecule has 1 aromatic rings. The van der Waals surface area contributed by atoms with E-state index in [-0.39, 0.29) is 5.84 Å². The number of amidine groups is 1. The number of nitrogens with zero attached hydrogens (tertiary/aromatic N) is 4. The monoisotopic (exact) mass is 223 g/mol. The van der Waals surface area contributed by atoms with Crippen LogP contribution in [0.25, 0.3) is 0 Å². The maximum atomic E-state index is 8.52. The summed E-state index contributed by atoms with van der Waals surface area (Å²) >= 11 is 0. The average molecular weight is 223 g/mol. The molecule has 1 fully saturated rings. The fraction of sp³-hybridized carbons (Fsp3) is 0.700. The molecule has 0 amide bonds. The van der Waals surface area contributed by atoms with Gasteiger partial charge in [0.15, 0.2) is 0 Å². The van der Waals surface area contributed by atoms with E-state index in [0.29, 0.717) is 11.9 Å². The zero-order valence-electron chi connectivity index (χ0n) is 9.37. The van der Waals surface area contributed by atoms with E-state index in [1.54, 1.807) is 6.33 Å². The van der Waals surface area contributed by atoms with Crippen LogP contribution in [0.5, 0.6) is 0 Å². The lowest BCUT2D eigenvalue weighted by molar-refractivity contribution is 0.266. The topological polar surface area (TPSA) is 89.3 Å². The Balaban J connectivity index is 2.12. The van der Waals surface area contributed by atoms with Gasteiger partial charge in [0.05, 0.1) is 6.04 Å². The second-order valence-corrected chi connectivity index (χ2v) is 4.46. The molecular formula is C10H17N5O. The van der Waals surface area contributed by atoms with E-state index in [4.69, 9.17) is 10.9 Å². The number of hydrogen-bond acceptors (Lipinski definition) is 4. The van der Waals surface area contributed by atoms with E-state index in [0.717, 1.165) is 18.8 Å². The predicted molar refractivity (Wildman–Crippen MR) is 59.2 cm³/mol. The van der Waals surface area contributed by atoms with Gasteiger partial charge in [-0.3, -0.25) is 0 Å². The van der Waals surface area contributed by atoms with E-state index in [2.05, 4.69) is 22.2 Å². The Morgan fingerprint density at radius 1 is 1.62 bits per heavy atom. The highest BCUT2D eigenvalue weighted by Crippen LogP contribution is 2.31. The maximum Gasteiger partial charge on any atom is 0.219 e. The van der Waals surface area contributed by atoms with Crippen LogP contribution in [-0.2, 0) is 0 Å². The highest BCUT2D eigenvalue weighted by atomic mass is 16.4. The van der Waals surface area contributed by atoms with Gasteiger partial charge in [0, 0.05) is 0 Å². The van der Waals surface area contributed by atoms with Crippen LogP contribution in [-0.4, -0.2) is 25.8 Å². The SMILES string of the molecule is CC1CCCC(n2cnc(C(N)=NO)n2)C1. The van der Waals surface area contributed by atoms with Gasteiger partial charge in [-0.2, -0.15) is 0 Å². The quantitative estimate of drug-likeness (QED) is 0.340. The summed E-state index contributed by atoms with van der Waals surface area (Å²) in [5.41, 5.74) is 5.43. The van der Waals surface area contributed by atoms with Crippen molar-refractivity contribution in [3.8, 4) is 0 Å². The molecule has 1 aromatic heterocycles. The zero-order chi connectivity index (χ0) is 11.5. The molecule has 2 unspecified atom stereocenters. The molecule has 6 heteroatoms. The highest BCUT2D eigenvalue weighted by molar-refractivity contribution is 5.93. The Labute approximate surface area is 94.2 Å². The van der Waals surface area contributed by atoms with Gasteiger partial charge in [0.1, 0.15) is 6.33 Å². The standard InChI is InChI=1S/C10H17N5O/c1-7-3-2-4-8(5-7)15-6-12-10(13-15)9(11)14-16/h6-8,16H,2-5H2,1H3,(H2,11,14). The van der Waals surface area contributed by atoms with Crippen molar-refractivity contribution in [3.63, 3.8) is 0 Å². The fourth-order valence-electron chi connectivity index (χ4n) is 2.26. The molecule has 6 nitrogen and oxygen atoms in total. The van der Waals surface area contributed by atoms with Crippen molar-refractivity contribution >= 4 is 5.84 Å². The summed E-state index contributed by atoms with van der Waals surface area (Å²) in [5, 5.41) is 15.6. The maximum absolute atomic E-state index is 8.52. The Kier molecular flexibility index (Phi) is 3.07. The van der Waals surface area contributed by atoms with E-state index in [1.807, 2.05) is 4.68 Å². The molecule has 2 atom stereocenters. The second-order valence-electron chi connectivity index (χ2n) is 4.46. The van der Waals surface area contributed by atoms with Gasteiger partial charge in [-0.1, -0.05) is 24.9 Å². The number of aromatic nitrogens is 3. The summed E-state index contributed by atoms with van der Waals surface area (Å²) in [6.45, 7) is 2.26. The molecule has 3 N–H and O–H groups in total. The Bertz CT molecular complexity index is 386. The number of hydrogen-bond donors (Lipinski definition) is 2. The van der Waals surface area contributed by atoms with E-state index in [9.17, 15) is 0 Å². The minimum absolute atomic E-state index is 0.0393. The average Bonchev–Trinajstić information content (AvgIpc) is 2.77. The molecule has 0 bridgehead atoms. The molecule has 1 heterocycles. The molecule has 1 aliphatic carbocycles. The minimum Gasteiger partial charge on any atom is -0.409 e. The van der Waals surface area contributed by atoms with Gasteiger partial charge in [-0.05, 0) is 18.8 Å². The summed E-state index contributed by atoms with van der Waals surface area (Å²) < 4.78 is 1.84. The summed E-state index contributed by atoms with van der Waals surface area (Å²) in [6.07, 6.45) is 6.43. The Morgan fingerprint density at radius 3 is 3.12 bits per heavy atom. The molecule has 1 aliphatic rings. The van der Waals surface area contributed by atoms with Crippen LogP contribution in [0, 0.1) is 5.92 Å². The van der Waals surface area contributed by atoms with Gasteiger partial charge in [-0.25, -0.2) is 9.67 Å². The minimum atomic E-state index is -0.0393. The van der Waals surface area contributed by atoms with Crippen molar-refractivity contribution in [2.75, 3.05) is 0 Å². The molecule has 0 aliphatic heterocycles. The lowest BCUT2D eigenvalue weighted by Crippen LogP contribution is -2.20. The lowest BCUT2D eigenvalue weighted by Gasteiger charge is -2.26. The normalized spacial score (nSPS) is 26.9. The van der Waals surface area contributed by atoms with Crippen molar-refractivity contribution < 1.29 is 5.21 Å². The van der Waals surface area contributed by atoms with Crippen molar-refractivity contribution in [2.24, 2.45) is 16.8 Å². The first-order valence-corrected chi connectivity index (χ1v) is 5.59. The molecule has 0 spiro atoms. The Morgan fingerprint density at radius 2 is 2.44 bits per heavy atom. The molecule has 0 saturated heterocycles. The predicted octanol–water partition coefficient (Wildman–Crippen LogP) is 1.12. The van der Waals surface area contributed by atoms with E-state index >= 15 is 0 Å². The molecule has 88 valence electrons. The summed E-state index contributed by atoms with van der Waals surface area (Å²) in [4.78, 5) is 4.02. The first-order valence-electron chi connectivity index (χ1n) is 5.59. The van der Waals surface area contributed by atoms with Crippen molar-refractivity contribution in [1.82, 2.24) is 14.8 Å². The third-order valence-corrected chi connectivity index (χ3v) is 3.13. The lowest BCUT2D eigenvalue weighted by atomic mass is 9.87. The molecule has 16 heavy (non-hydrogen) atoms. The zero-order valence-corrected chi connectivity index (χ0v) is 9.37. The molecule has 1 saturated carbocycles. The number of oxime groups is 1. The summed E-state index contributed by atoms with van der Waals surface area (Å²) in [7, 11) is 0. The van der Waals surface area contributed by atoms with Crippen molar-refractivity contribution in [3.05, 3.63) is 12.2 Å². The van der Waals surface area contributed by atoms with Crippen LogP contribution in [0.4, 0.5) is 0 Å². The van der Waals surface area contributed by atoms with E-state index < -0.39 is 0 Å². The van der Waals surface area contributed by atoms with Crippen molar-refractivity contribution in [1.29, 1.82) is 0 Å². The van der Waals surface area contributed by atoms with Crippen LogP contribution >= 0.6 is 0 Å². The van der Waals surface area contributed by atoms with Gasteiger partial charge < -0.3 is 10.9 Å². The first kappa shape index (κ1) is 10.9. The molecular weight excluding hydrogens is 206 g/mol. The first-order chi connectivity index (χ1) is 7.70. The smallest absolute Gasteiger partial charge is 0.219 e. The summed E-state index contributed by atoms with van der Waals surface area (Å²) in [6, 6.07) is 0.400. The van der Waals surface area contributed by atoms with Gasteiger partial charge in [0.25, 0.3) is 0 Å². The molecule has 0 radical (unpaired) electrons. The fourth-order valence-corrected chi connectivity index (χ4v) is 2.26. The van der Waals surface area contributed by atoms with E-state index in [1.165, 1.54) is 12.8 Å².